The molecule has 2 heterocycles. The van der Waals surface area contributed by atoms with Crippen molar-refractivity contribution < 1.29 is 32.6 Å². The van der Waals surface area contributed by atoms with E-state index in [1.54, 1.807) is 0 Å². The zero-order valence-electron chi connectivity index (χ0n) is 14.2. The molecule has 0 saturated heterocycles. The van der Waals surface area contributed by atoms with E-state index in [1.165, 1.54) is 23.6 Å². The standard InChI is InChI=1S/C16H17F3N2O4S2/c1-10-9-27-14(21-10)15(24,16(17,18)19)7-13(23)25-8-12(22)20-5-4-11-3-2-6-26-11/h2-3,6,9,24H,4-5,7-8H2,1H3,(H,20,22). The van der Waals surface area contributed by atoms with Crippen molar-refractivity contribution in [2.45, 2.75) is 31.5 Å². The van der Waals surface area contributed by atoms with Crippen LogP contribution in [0.3, 0.4) is 0 Å². The summed E-state index contributed by atoms with van der Waals surface area (Å²) in [4.78, 5) is 28.1. The smallest absolute Gasteiger partial charge is 0.424 e. The number of alkyl halides is 3. The van der Waals surface area contributed by atoms with Crippen LogP contribution in [0.15, 0.2) is 22.9 Å². The number of esters is 1. The number of carbonyl (C=O) groups is 2. The average Bonchev–Trinajstić information content (AvgIpc) is 3.23. The molecule has 2 rings (SSSR count). The first-order valence-corrected chi connectivity index (χ1v) is 9.54. The number of thiophene rings is 1. The lowest BCUT2D eigenvalue weighted by Crippen LogP contribution is -2.44. The van der Waals surface area contributed by atoms with E-state index in [4.69, 9.17) is 0 Å². The monoisotopic (exact) mass is 422 g/mol. The topological polar surface area (TPSA) is 88.5 Å². The molecule has 0 radical (unpaired) electrons. The van der Waals surface area contributed by atoms with E-state index in [0.717, 1.165) is 4.88 Å². The van der Waals surface area contributed by atoms with Gasteiger partial charge in [-0.05, 0) is 24.8 Å². The fraction of sp³-hybridized carbons (Fsp3) is 0.438. The Morgan fingerprint density at radius 2 is 2.07 bits per heavy atom. The fourth-order valence-electron chi connectivity index (χ4n) is 2.08. The summed E-state index contributed by atoms with van der Waals surface area (Å²) in [5.41, 5.74) is -3.17. The van der Waals surface area contributed by atoms with Crippen molar-refractivity contribution in [1.82, 2.24) is 10.3 Å². The number of nitrogens with zero attached hydrogens (tertiary/aromatic N) is 1. The van der Waals surface area contributed by atoms with Crippen LogP contribution in [0.25, 0.3) is 0 Å². The van der Waals surface area contributed by atoms with Crippen molar-refractivity contribution in [3.05, 3.63) is 38.5 Å². The molecule has 1 amide bonds. The molecule has 0 aliphatic heterocycles. The number of aliphatic hydroxyl groups is 1. The zero-order valence-corrected chi connectivity index (χ0v) is 15.8. The van der Waals surface area contributed by atoms with Gasteiger partial charge in [0.2, 0.25) is 5.60 Å². The second-order valence-electron chi connectivity index (χ2n) is 5.67. The second kappa shape index (κ2) is 8.81. The number of aromatic nitrogens is 1. The molecule has 0 aliphatic carbocycles. The maximum Gasteiger partial charge on any atom is 0.424 e. The van der Waals surface area contributed by atoms with Gasteiger partial charge in [-0.1, -0.05) is 6.07 Å². The highest BCUT2D eigenvalue weighted by molar-refractivity contribution is 7.10. The number of carbonyl (C=O) groups excluding carboxylic acids is 2. The summed E-state index contributed by atoms with van der Waals surface area (Å²) in [6, 6.07) is 3.77. The Bertz CT molecular complexity index is 777. The van der Waals surface area contributed by atoms with E-state index >= 15 is 0 Å². The van der Waals surface area contributed by atoms with Gasteiger partial charge in [0.15, 0.2) is 6.61 Å². The van der Waals surface area contributed by atoms with E-state index in [1.807, 2.05) is 17.5 Å². The van der Waals surface area contributed by atoms with Gasteiger partial charge in [-0.25, -0.2) is 4.98 Å². The number of rotatable bonds is 8. The molecule has 0 saturated carbocycles. The number of halogens is 3. The van der Waals surface area contributed by atoms with Gasteiger partial charge in [-0.3, -0.25) is 9.59 Å². The van der Waals surface area contributed by atoms with Gasteiger partial charge in [-0.2, -0.15) is 13.2 Å². The molecule has 2 N–H and O–H groups in total. The maximum absolute atomic E-state index is 13.3. The van der Waals surface area contributed by atoms with Crippen LogP contribution >= 0.6 is 22.7 Å². The fourth-order valence-corrected chi connectivity index (χ4v) is 3.70. The molecule has 2 aromatic rings. The summed E-state index contributed by atoms with van der Waals surface area (Å²) in [7, 11) is 0. The first kappa shape index (κ1) is 21.3. The van der Waals surface area contributed by atoms with Crippen LogP contribution in [0.1, 0.15) is 22.0 Å². The normalized spacial score (nSPS) is 13.8. The van der Waals surface area contributed by atoms with Crippen LogP contribution < -0.4 is 5.32 Å². The van der Waals surface area contributed by atoms with Crippen molar-refractivity contribution >= 4 is 34.6 Å². The van der Waals surface area contributed by atoms with Crippen LogP contribution in [0.5, 0.6) is 0 Å². The Balaban J connectivity index is 1.85. The minimum absolute atomic E-state index is 0.288. The van der Waals surface area contributed by atoms with Crippen LogP contribution in [0.2, 0.25) is 0 Å². The third-order valence-corrected chi connectivity index (χ3v) is 5.53. The van der Waals surface area contributed by atoms with Crippen molar-refractivity contribution in [1.29, 1.82) is 0 Å². The summed E-state index contributed by atoms with van der Waals surface area (Å²) >= 11 is 2.12. The lowest BCUT2D eigenvalue weighted by Gasteiger charge is -2.27. The predicted molar refractivity (Wildman–Crippen MR) is 93.4 cm³/mol. The van der Waals surface area contributed by atoms with Gasteiger partial charge in [0.05, 0.1) is 6.42 Å². The van der Waals surface area contributed by atoms with Crippen LogP contribution in [0, 0.1) is 6.92 Å². The van der Waals surface area contributed by atoms with Crippen molar-refractivity contribution in [3.8, 4) is 0 Å². The number of aryl methyl sites for hydroxylation is 1. The number of amides is 1. The van der Waals surface area contributed by atoms with Crippen LogP contribution in [-0.2, 0) is 26.3 Å². The maximum atomic E-state index is 13.3. The lowest BCUT2D eigenvalue weighted by molar-refractivity contribution is -0.269. The number of ether oxygens (including phenoxy) is 1. The highest BCUT2D eigenvalue weighted by Crippen LogP contribution is 2.42. The SMILES string of the molecule is Cc1csc(C(O)(CC(=O)OCC(=O)NCCc2cccs2)C(F)(F)F)n1. The molecular formula is C16H17F3N2O4S2. The van der Waals surface area contributed by atoms with E-state index in [2.05, 4.69) is 15.0 Å². The van der Waals surface area contributed by atoms with E-state index in [0.29, 0.717) is 24.3 Å². The molecule has 6 nitrogen and oxygen atoms in total. The minimum Gasteiger partial charge on any atom is -0.455 e. The van der Waals surface area contributed by atoms with Gasteiger partial charge in [0, 0.05) is 22.5 Å². The molecule has 148 valence electrons. The summed E-state index contributed by atoms with van der Waals surface area (Å²) in [5.74, 6) is -1.99. The summed E-state index contributed by atoms with van der Waals surface area (Å²) in [6.45, 7) is 1.05. The highest BCUT2D eigenvalue weighted by atomic mass is 32.1. The zero-order chi connectivity index (χ0) is 20.1. The van der Waals surface area contributed by atoms with Crippen molar-refractivity contribution in [3.63, 3.8) is 0 Å². The minimum atomic E-state index is -5.13. The quantitative estimate of drug-likeness (QED) is 0.639. The van der Waals surface area contributed by atoms with E-state index < -0.39 is 41.7 Å². The van der Waals surface area contributed by atoms with Gasteiger partial charge in [0.1, 0.15) is 5.01 Å². The van der Waals surface area contributed by atoms with Crippen molar-refractivity contribution in [2.24, 2.45) is 0 Å². The number of hydrogen-bond acceptors (Lipinski definition) is 7. The van der Waals surface area contributed by atoms with Gasteiger partial charge in [0.25, 0.3) is 5.91 Å². The third kappa shape index (κ3) is 5.75. The molecule has 0 spiro atoms. The van der Waals surface area contributed by atoms with Gasteiger partial charge >= 0.3 is 12.1 Å². The van der Waals surface area contributed by atoms with E-state index in [9.17, 15) is 27.9 Å². The summed E-state index contributed by atoms with van der Waals surface area (Å²) in [6.07, 6.45) is -5.92. The van der Waals surface area contributed by atoms with Crippen LogP contribution in [0.4, 0.5) is 13.2 Å². The Morgan fingerprint density at radius 1 is 1.33 bits per heavy atom. The second-order valence-corrected chi connectivity index (χ2v) is 7.56. The molecule has 1 atom stereocenters. The van der Waals surface area contributed by atoms with Gasteiger partial charge < -0.3 is 15.2 Å². The van der Waals surface area contributed by atoms with Gasteiger partial charge in [-0.15, -0.1) is 22.7 Å². The Hall–Kier alpha value is -1.98. The van der Waals surface area contributed by atoms with Crippen molar-refractivity contribution in [2.75, 3.05) is 13.2 Å². The Kier molecular flexibility index (Phi) is 6.95. The lowest BCUT2D eigenvalue weighted by atomic mass is 10.00. The molecule has 0 aliphatic rings. The highest BCUT2D eigenvalue weighted by Gasteiger charge is 2.58. The van der Waals surface area contributed by atoms with E-state index in [-0.39, 0.29) is 5.69 Å². The Morgan fingerprint density at radius 3 is 2.63 bits per heavy atom. The summed E-state index contributed by atoms with van der Waals surface area (Å²) < 4.78 is 44.4. The molecule has 0 fully saturated rings. The number of nitrogens with one attached hydrogen (secondary N) is 1. The predicted octanol–water partition coefficient (Wildman–Crippen LogP) is 2.56. The largest absolute Gasteiger partial charge is 0.455 e. The average molecular weight is 422 g/mol. The number of hydrogen-bond donors (Lipinski definition) is 2. The Labute approximate surface area is 161 Å². The van der Waals surface area contributed by atoms with Crippen LogP contribution in [-0.4, -0.2) is 41.3 Å². The molecule has 27 heavy (non-hydrogen) atoms. The molecule has 1 unspecified atom stereocenters. The first-order valence-electron chi connectivity index (χ1n) is 7.78. The molecule has 2 aromatic heterocycles. The number of thiazole rings is 1. The molecule has 0 bridgehead atoms. The molecular weight excluding hydrogens is 405 g/mol. The molecule has 11 heteroatoms. The third-order valence-electron chi connectivity index (χ3n) is 3.48. The summed E-state index contributed by atoms with van der Waals surface area (Å²) in [5, 5.41) is 15.1. The molecule has 0 aromatic carbocycles. The first-order chi connectivity index (χ1) is 12.6.